The SMILES string of the molecule is CCOC(=O)CN(C)C1CCCNCC1. The summed E-state index contributed by atoms with van der Waals surface area (Å²) in [5.41, 5.74) is 0. The van der Waals surface area contributed by atoms with E-state index in [2.05, 4.69) is 10.2 Å². The highest BCUT2D eigenvalue weighted by atomic mass is 16.5. The van der Waals surface area contributed by atoms with Crippen LogP contribution in [0, 0.1) is 0 Å². The predicted octanol–water partition coefficient (Wildman–Crippen LogP) is 0.623. The van der Waals surface area contributed by atoms with E-state index < -0.39 is 0 Å². The first-order chi connectivity index (χ1) is 7.24. The Hall–Kier alpha value is -0.610. The molecule has 1 fully saturated rings. The fourth-order valence-electron chi connectivity index (χ4n) is 1.98. The second-order valence-electron chi connectivity index (χ2n) is 4.05. The molecule has 0 saturated carbocycles. The van der Waals surface area contributed by atoms with E-state index in [0.29, 0.717) is 19.2 Å². The van der Waals surface area contributed by atoms with Crippen molar-refractivity contribution in [2.75, 3.05) is 33.3 Å². The molecular weight excluding hydrogens is 192 g/mol. The Balaban J connectivity index is 2.30. The molecule has 0 spiro atoms. The fraction of sp³-hybridized carbons (Fsp3) is 0.909. The quantitative estimate of drug-likeness (QED) is 0.697. The van der Waals surface area contributed by atoms with Crippen molar-refractivity contribution < 1.29 is 9.53 Å². The molecule has 0 aromatic carbocycles. The van der Waals surface area contributed by atoms with Gasteiger partial charge in [0, 0.05) is 6.04 Å². The van der Waals surface area contributed by atoms with Crippen LogP contribution in [0.15, 0.2) is 0 Å². The van der Waals surface area contributed by atoms with Crippen LogP contribution in [-0.2, 0) is 9.53 Å². The molecule has 1 rings (SSSR count). The van der Waals surface area contributed by atoms with Crippen LogP contribution in [0.2, 0.25) is 0 Å². The zero-order valence-electron chi connectivity index (χ0n) is 9.79. The van der Waals surface area contributed by atoms with Crippen LogP contribution in [0.25, 0.3) is 0 Å². The van der Waals surface area contributed by atoms with E-state index in [1.54, 1.807) is 0 Å². The van der Waals surface area contributed by atoms with E-state index in [0.717, 1.165) is 19.5 Å². The van der Waals surface area contributed by atoms with Gasteiger partial charge in [0.2, 0.25) is 0 Å². The normalized spacial score (nSPS) is 22.5. The maximum Gasteiger partial charge on any atom is 0.320 e. The second-order valence-corrected chi connectivity index (χ2v) is 4.05. The first-order valence-electron chi connectivity index (χ1n) is 5.80. The van der Waals surface area contributed by atoms with E-state index in [9.17, 15) is 4.79 Å². The van der Waals surface area contributed by atoms with Gasteiger partial charge in [0.15, 0.2) is 0 Å². The van der Waals surface area contributed by atoms with Crippen molar-refractivity contribution in [2.24, 2.45) is 0 Å². The van der Waals surface area contributed by atoms with E-state index in [1.807, 2.05) is 14.0 Å². The summed E-state index contributed by atoms with van der Waals surface area (Å²) < 4.78 is 4.94. The fourth-order valence-corrected chi connectivity index (χ4v) is 1.98. The molecule has 1 aliphatic heterocycles. The Labute approximate surface area is 92.0 Å². The second kappa shape index (κ2) is 6.80. The van der Waals surface area contributed by atoms with E-state index >= 15 is 0 Å². The van der Waals surface area contributed by atoms with Crippen molar-refractivity contribution in [1.82, 2.24) is 10.2 Å². The molecule has 1 unspecified atom stereocenters. The minimum Gasteiger partial charge on any atom is -0.465 e. The van der Waals surface area contributed by atoms with Crippen molar-refractivity contribution in [3.8, 4) is 0 Å². The number of rotatable bonds is 4. The van der Waals surface area contributed by atoms with Gasteiger partial charge >= 0.3 is 5.97 Å². The number of nitrogens with one attached hydrogen (secondary N) is 1. The van der Waals surface area contributed by atoms with Crippen molar-refractivity contribution >= 4 is 5.97 Å². The molecule has 1 N–H and O–H groups in total. The number of carbonyl (C=O) groups is 1. The average molecular weight is 214 g/mol. The third-order valence-electron chi connectivity index (χ3n) is 2.85. The van der Waals surface area contributed by atoms with E-state index in [-0.39, 0.29) is 5.97 Å². The standard InChI is InChI=1S/C11H22N2O2/c1-3-15-11(14)9-13(2)10-5-4-7-12-8-6-10/h10,12H,3-9H2,1-2H3. The summed E-state index contributed by atoms with van der Waals surface area (Å²) in [6.45, 7) is 4.88. The summed E-state index contributed by atoms with van der Waals surface area (Å²) >= 11 is 0. The number of nitrogens with zero attached hydrogens (tertiary/aromatic N) is 1. The van der Waals surface area contributed by atoms with Crippen molar-refractivity contribution in [3.63, 3.8) is 0 Å². The molecule has 1 saturated heterocycles. The minimum atomic E-state index is -0.114. The van der Waals surface area contributed by atoms with Gasteiger partial charge in [-0.1, -0.05) is 0 Å². The molecule has 88 valence electrons. The van der Waals surface area contributed by atoms with Gasteiger partial charge in [-0.25, -0.2) is 0 Å². The summed E-state index contributed by atoms with van der Waals surface area (Å²) in [4.78, 5) is 13.4. The molecule has 0 aromatic rings. The summed E-state index contributed by atoms with van der Waals surface area (Å²) in [5.74, 6) is -0.114. The van der Waals surface area contributed by atoms with Crippen LogP contribution in [0.3, 0.4) is 0 Å². The summed E-state index contributed by atoms with van der Waals surface area (Å²) in [6.07, 6.45) is 3.48. The number of hydrogen-bond acceptors (Lipinski definition) is 4. The topological polar surface area (TPSA) is 41.6 Å². The molecule has 15 heavy (non-hydrogen) atoms. The maximum absolute atomic E-state index is 11.3. The monoisotopic (exact) mass is 214 g/mol. The summed E-state index contributed by atoms with van der Waals surface area (Å²) in [7, 11) is 2.01. The Bertz CT molecular complexity index is 189. The molecule has 0 radical (unpaired) electrons. The van der Waals surface area contributed by atoms with Gasteiger partial charge in [-0.2, -0.15) is 0 Å². The molecule has 0 aromatic heterocycles. The van der Waals surface area contributed by atoms with Crippen molar-refractivity contribution in [2.45, 2.75) is 32.2 Å². The molecule has 0 bridgehead atoms. The Morgan fingerprint density at radius 2 is 2.27 bits per heavy atom. The first kappa shape index (κ1) is 12.5. The average Bonchev–Trinajstić information content (AvgIpc) is 2.45. The number of likely N-dealkylation sites (N-methyl/N-ethyl adjacent to an activating group) is 1. The lowest BCUT2D eigenvalue weighted by atomic mass is 10.1. The van der Waals surface area contributed by atoms with Gasteiger partial charge in [-0.05, 0) is 46.3 Å². The highest BCUT2D eigenvalue weighted by molar-refractivity contribution is 5.71. The van der Waals surface area contributed by atoms with E-state index in [4.69, 9.17) is 4.74 Å². The zero-order valence-corrected chi connectivity index (χ0v) is 9.79. The number of hydrogen-bond donors (Lipinski definition) is 1. The van der Waals surface area contributed by atoms with Crippen LogP contribution < -0.4 is 5.32 Å². The van der Waals surface area contributed by atoms with E-state index in [1.165, 1.54) is 12.8 Å². The molecule has 4 heteroatoms. The smallest absolute Gasteiger partial charge is 0.320 e. The summed E-state index contributed by atoms with van der Waals surface area (Å²) in [6, 6.07) is 0.518. The maximum atomic E-state index is 11.3. The van der Waals surface area contributed by atoms with Crippen LogP contribution in [0.5, 0.6) is 0 Å². The largest absolute Gasteiger partial charge is 0.465 e. The van der Waals surface area contributed by atoms with Gasteiger partial charge in [0.05, 0.1) is 13.2 Å². The van der Waals surface area contributed by atoms with Gasteiger partial charge in [0.1, 0.15) is 0 Å². The van der Waals surface area contributed by atoms with Crippen LogP contribution in [0.1, 0.15) is 26.2 Å². The lowest BCUT2D eigenvalue weighted by molar-refractivity contribution is -0.144. The van der Waals surface area contributed by atoms with Crippen LogP contribution >= 0.6 is 0 Å². The molecule has 4 nitrogen and oxygen atoms in total. The Morgan fingerprint density at radius 1 is 1.47 bits per heavy atom. The molecule has 1 aliphatic rings. The first-order valence-corrected chi connectivity index (χ1v) is 5.80. The highest BCUT2D eigenvalue weighted by Crippen LogP contribution is 2.11. The number of carbonyl (C=O) groups excluding carboxylic acids is 1. The molecular formula is C11H22N2O2. The zero-order chi connectivity index (χ0) is 11.1. The Kier molecular flexibility index (Phi) is 5.65. The number of ether oxygens (including phenoxy) is 1. The molecule has 0 aliphatic carbocycles. The lowest BCUT2D eigenvalue weighted by Gasteiger charge is -2.25. The molecule has 1 heterocycles. The predicted molar refractivity (Wildman–Crippen MR) is 59.8 cm³/mol. The van der Waals surface area contributed by atoms with Gasteiger partial charge < -0.3 is 10.1 Å². The third-order valence-corrected chi connectivity index (χ3v) is 2.85. The van der Waals surface area contributed by atoms with Crippen LogP contribution in [-0.4, -0.2) is 50.2 Å². The Morgan fingerprint density at radius 3 is 3.00 bits per heavy atom. The lowest BCUT2D eigenvalue weighted by Crippen LogP contribution is -2.37. The van der Waals surface area contributed by atoms with Gasteiger partial charge in [0.25, 0.3) is 0 Å². The van der Waals surface area contributed by atoms with Gasteiger partial charge in [-0.15, -0.1) is 0 Å². The van der Waals surface area contributed by atoms with Crippen LogP contribution in [0.4, 0.5) is 0 Å². The van der Waals surface area contributed by atoms with Crippen molar-refractivity contribution in [1.29, 1.82) is 0 Å². The minimum absolute atomic E-state index is 0.114. The summed E-state index contributed by atoms with van der Waals surface area (Å²) in [5, 5.41) is 3.37. The van der Waals surface area contributed by atoms with Gasteiger partial charge in [-0.3, -0.25) is 9.69 Å². The number of esters is 1. The molecule has 0 amide bonds. The van der Waals surface area contributed by atoms with Crippen molar-refractivity contribution in [3.05, 3.63) is 0 Å². The molecule has 1 atom stereocenters. The highest BCUT2D eigenvalue weighted by Gasteiger charge is 2.18. The third kappa shape index (κ3) is 4.62.